The Hall–Kier alpha value is -4.48. The molecule has 206 valence electrons. The number of hydrogen-bond acceptors (Lipinski definition) is 7. The van der Waals surface area contributed by atoms with Crippen LogP contribution in [0.25, 0.3) is 0 Å². The zero-order valence-corrected chi connectivity index (χ0v) is 21.4. The van der Waals surface area contributed by atoms with E-state index in [-0.39, 0.29) is 30.5 Å². The summed E-state index contributed by atoms with van der Waals surface area (Å²) in [6.45, 7) is 0.555. The smallest absolute Gasteiger partial charge is 0.329 e. The molecule has 3 atom stereocenters. The maximum atomic E-state index is 13.4. The van der Waals surface area contributed by atoms with Gasteiger partial charge in [-0.25, -0.2) is 9.36 Å². The number of rotatable bonds is 11. The van der Waals surface area contributed by atoms with Gasteiger partial charge >= 0.3 is 6.03 Å². The minimum absolute atomic E-state index is 0.0616. The molecule has 1 aliphatic heterocycles. The monoisotopic (exact) mass is 536 g/mol. The molecule has 1 aliphatic carbocycles. The third-order valence-electron chi connectivity index (χ3n) is 6.91. The van der Waals surface area contributed by atoms with Crippen molar-refractivity contribution in [3.8, 4) is 0 Å². The summed E-state index contributed by atoms with van der Waals surface area (Å²) >= 11 is 0. The third-order valence-corrected chi connectivity index (χ3v) is 6.91. The van der Waals surface area contributed by atoms with E-state index in [0.29, 0.717) is 19.4 Å². The van der Waals surface area contributed by atoms with Crippen molar-refractivity contribution in [2.24, 2.45) is 11.8 Å². The van der Waals surface area contributed by atoms with Gasteiger partial charge in [0, 0.05) is 25.2 Å². The molecule has 12 heteroatoms. The summed E-state index contributed by atoms with van der Waals surface area (Å²) in [5, 5.41) is 10.4. The number of amides is 4. The number of nitrogen functional groups attached to an aromatic ring is 1. The van der Waals surface area contributed by atoms with Gasteiger partial charge in [-0.1, -0.05) is 43.2 Å². The van der Waals surface area contributed by atoms with E-state index in [0.717, 1.165) is 23.0 Å². The van der Waals surface area contributed by atoms with E-state index in [9.17, 15) is 28.8 Å². The van der Waals surface area contributed by atoms with Crippen LogP contribution in [0.15, 0.2) is 53.5 Å². The lowest BCUT2D eigenvalue weighted by Gasteiger charge is -2.24. The molecule has 2 aromatic rings. The van der Waals surface area contributed by atoms with Gasteiger partial charge in [0.25, 0.3) is 11.5 Å². The van der Waals surface area contributed by atoms with Gasteiger partial charge in [0.05, 0.1) is 11.7 Å². The third kappa shape index (κ3) is 7.30. The number of benzene rings is 1. The number of carbonyl (C=O) groups excluding carboxylic acids is 5. The van der Waals surface area contributed by atoms with Crippen LogP contribution in [0.3, 0.4) is 0 Å². The van der Waals surface area contributed by atoms with Crippen molar-refractivity contribution in [2.75, 3.05) is 12.3 Å². The molecule has 2 fully saturated rings. The van der Waals surface area contributed by atoms with Crippen molar-refractivity contribution in [2.45, 2.75) is 50.7 Å². The SMILES string of the molecule is Nc1cccn(C(=O)N[C@@H](CC2CC2)C(=O)N[C@@H](C[C@@H]2CCNC2=O)C(=O)C(=O)NCc2ccccc2)c1=O. The van der Waals surface area contributed by atoms with Crippen LogP contribution >= 0.6 is 0 Å². The molecule has 4 amide bonds. The van der Waals surface area contributed by atoms with Gasteiger partial charge in [-0.15, -0.1) is 0 Å². The molecule has 39 heavy (non-hydrogen) atoms. The predicted octanol–water partition coefficient (Wildman–Crippen LogP) is 0.0534. The number of ketones is 1. The largest absolute Gasteiger partial charge is 0.394 e. The van der Waals surface area contributed by atoms with Crippen molar-refractivity contribution in [1.82, 2.24) is 25.8 Å². The molecule has 12 nitrogen and oxygen atoms in total. The molecule has 1 saturated heterocycles. The van der Waals surface area contributed by atoms with Crippen molar-refractivity contribution in [3.05, 3.63) is 64.6 Å². The minimum atomic E-state index is -1.28. The van der Waals surface area contributed by atoms with Crippen molar-refractivity contribution < 1.29 is 24.0 Å². The Morgan fingerprint density at radius 3 is 2.36 bits per heavy atom. The Labute approximate surface area is 224 Å². The normalized spacial score (nSPS) is 17.9. The van der Waals surface area contributed by atoms with Gasteiger partial charge in [0.2, 0.25) is 17.6 Å². The number of anilines is 1. The highest BCUT2D eigenvalue weighted by atomic mass is 16.2. The Morgan fingerprint density at radius 1 is 0.949 bits per heavy atom. The number of carbonyl (C=O) groups is 5. The maximum Gasteiger partial charge on any atom is 0.329 e. The Kier molecular flexibility index (Phi) is 8.74. The van der Waals surface area contributed by atoms with Crippen LogP contribution < -0.4 is 32.6 Å². The predicted molar refractivity (Wildman–Crippen MR) is 141 cm³/mol. The number of Topliss-reactive ketones (excluding diaryl/α,β-unsaturated/α-hetero) is 1. The lowest BCUT2D eigenvalue weighted by atomic mass is 9.95. The number of nitrogens with zero attached hydrogens (tertiary/aromatic N) is 1. The van der Waals surface area contributed by atoms with Crippen LogP contribution in [0.1, 0.15) is 37.7 Å². The summed E-state index contributed by atoms with van der Waals surface area (Å²) in [5.41, 5.74) is 5.55. The van der Waals surface area contributed by atoms with Crippen LogP contribution in [0.4, 0.5) is 10.5 Å². The van der Waals surface area contributed by atoms with Crippen LogP contribution in [0, 0.1) is 11.8 Å². The Balaban J connectivity index is 1.48. The van der Waals surface area contributed by atoms with Crippen LogP contribution in [0.2, 0.25) is 0 Å². The topological polar surface area (TPSA) is 181 Å². The van der Waals surface area contributed by atoms with Crippen molar-refractivity contribution in [3.63, 3.8) is 0 Å². The molecule has 2 heterocycles. The summed E-state index contributed by atoms with van der Waals surface area (Å²) in [4.78, 5) is 76.6. The van der Waals surface area contributed by atoms with Gasteiger partial charge in [0.1, 0.15) is 6.04 Å². The first kappa shape index (κ1) is 27.6. The number of pyridine rings is 1. The molecule has 1 aromatic carbocycles. The van der Waals surface area contributed by atoms with E-state index < -0.39 is 47.2 Å². The fraction of sp³-hybridized carbons (Fsp3) is 0.407. The standard InChI is InChI=1S/C27H32N6O6/c28-19-7-4-12-33(26(19)38)27(39)32-21(13-16-8-9-16)24(36)31-20(14-18-10-11-29-23(18)35)22(34)25(37)30-15-17-5-2-1-3-6-17/h1-7,12,16,18,20-21H,8-11,13-15,28H2,(H,29,35)(H,30,37)(H,31,36)(H,32,39)/t18-,20-,21-/m0/s1. The molecule has 2 aliphatic rings. The van der Waals surface area contributed by atoms with Gasteiger partial charge in [0.15, 0.2) is 0 Å². The lowest BCUT2D eigenvalue weighted by molar-refractivity contribution is -0.141. The van der Waals surface area contributed by atoms with Crippen LogP contribution in [-0.4, -0.2) is 52.7 Å². The van der Waals surface area contributed by atoms with E-state index in [4.69, 9.17) is 5.73 Å². The summed E-state index contributed by atoms with van der Waals surface area (Å²) in [6, 6.07) is 8.62. The van der Waals surface area contributed by atoms with Crippen LogP contribution in [-0.2, 0) is 25.7 Å². The molecule has 0 unspecified atom stereocenters. The van der Waals surface area contributed by atoms with Crippen LogP contribution in [0.5, 0.6) is 0 Å². The fourth-order valence-corrected chi connectivity index (χ4v) is 4.49. The van der Waals surface area contributed by atoms with E-state index in [1.807, 2.05) is 6.07 Å². The second-order valence-electron chi connectivity index (χ2n) is 9.93. The quantitative estimate of drug-likeness (QED) is 0.252. The highest BCUT2D eigenvalue weighted by molar-refractivity contribution is 6.38. The fourth-order valence-electron chi connectivity index (χ4n) is 4.49. The maximum absolute atomic E-state index is 13.4. The lowest BCUT2D eigenvalue weighted by Crippen LogP contribution is -2.55. The Bertz CT molecular complexity index is 1310. The second-order valence-corrected chi connectivity index (χ2v) is 9.93. The van der Waals surface area contributed by atoms with Gasteiger partial charge in [-0.3, -0.25) is 24.0 Å². The van der Waals surface area contributed by atoms with Crippen molar-refractivity contribution >= 4 is 35.2 Å². The molecular formula is C27H32N6O6. The zero-order valence-electron chi connectivity index (χ0n) is 21.4. The molecule has 4 rings (SSSR count). The summed E-state index contributed by atoms with van der Waals surface area (Å²) < 4.78 is 0.769. The summed E-state index contributed by atoms with van der Waals surface area (Å²) in [6.07, 6.45) is 3.69. The zero-order chi connectivity index (χ0) is 27.9. The van der Waals surface area contributed by atoms with Gasteiger partial charge in [-0.05, 0) is 42.9 Å². The molecule has 6 N–H and O–H groups in total. The van der Waals surface area contributed by atoms with E-state index in [1.54, 1.807) is 24.3 Å². The number of hydrogen-bond donors (Lipinski definition) is 5. The molecule has 0 radical (unpaired) electrons. The summed E-state index contributed by atoms with van der Waals surface area (Å²) in [7, 11) is 0. The van der Waals surface area contributed by atoms with E-state index in [1.165, 1.54) is 18.3 Å². The molecule has 1 aromatic heterocycles. The van der Waals surface area contributed by atoms with Gasteiger partial charge in [-0.2, -0.15) is 0 Å². The van der Waals surface area contributed by atoms with E-state index in [2.05, 4.69) is 21.3 Å². The first-order chi connectivity index (χ1) is 18.7. The average molecular weight is 537 g/mol. The molecule has 1 saturated carbocycles. The summed E-state index contributed by atoms with van der Waals surface area (Å²) in [5.74, 6) is -3.07. The average Bonchev–Trinajstić information content (AvgIpc) is 3.67. The molecular weight excluding hydrogens is 504 g/mol. The highest BCUT2D eigenvalue weighted by Gasteiger charge is 2.37. The number of nitrogens with one attached hydrogen (secondary N) is 4. The molecule has 0 spiro atoms. The van der Waals surface area contributed by atoms with E-state index >= 15 is 0 Å². The first-order valence-electron chi connectivity index (χ1n) is 12.9. The van der Waals surface area contributed by atoms with Gasteiger partial charge < -0.3 is 27.0 Å². The number of nitrogens with two attached hydrogens (primary N) is 1. The number of aromatic nitrogens is 1. The highest BCUT2D eigenvalue weighted by Crippen LogP contribution is 2.33. The second kappa shape index (κ2) is 12.4. The van der Waals surface area contributed by atoms with Crippen molar-refractivity contribution in [1.29, 1.82) is 0 Å². The minimum Gasteiger partial charge on any atom is -0.394 e. The first-order valence-corrected chi connectivity index (χ1v) is 12.9. The Morgan fingerprint density at radius 2 is 1.69 bits per heavy atom. The molecule has 0 bridgehead atoms.